The zero-order valence-corrected chi connectivity index (χ0v) is 19.9. The van der Waals surface area contributed by atoms with E-state index in [1.165, 1.54) is 10.7 Å². The summed E-state index contributed by atoms with van der Waals surface area (Å²) < 4.78 is 6.73. The largest absolute Gasteiger partial charge is 0.504 e. The lowest BCUT2D eigenvalue weighted by Gasteiger charge is -2.29. The summed E-state index contributed by atoms with van der Waals surface area (Å²) >= 11 is 0. The number of aromatic hydroxyl groups is 1. The van der Waals surface area contributed by atoms with Crippen LogP contribution in [0.5, 0.6) is 11.5 Å². The normalized spacial score (nSPS) is 15.7. The van der Waals surface area contributed by atoms with Crippen LogP contribution in [0.1, 0.15) is 52.7 Å². The van der Waals surface area contributed by atoms with Gasteiger partial charge in [0.05, 0.1) is 12.3 Å². The molecule has 2 aromatic carbocycles. The number of carbonyl (C=O) groups excluding carboxylic acids is 3. The predicted octanol–water partition coefficient (Wildman–Crippen LogP) is 2.80. The molecule has 0 radical (unpaired) electrons. The molecule has 3 N–H and O–H groups in total. The van der Waals surface area contributed by atoms with E-state index in [0.717, 1.165) is 18.5 Å². The van der Waals surface area contributed by atoms with Gasteiger partial charge in [0.15, 0.2) is 17.2 Å². The minimum absolute atomic E-state index is 0.0327. The lowest BCUT2D eigenvalue weighted by Crippen LogP contribution is -2.39. The fourth-order valence-electron chi connectivity index (χ4n) is 4.80. The number of phenolic OH excluding ortho intramolecular Hbond substituents is 1. The van der Waals surface area contributed by atoms with Crippen molar-refractivity contribution in [1.29, 1.82) is 0 Å². The van der Waals surface area contributed by atoms with Gasteiger partial charge in [-0.05, 0) is 62.6 Å². The SMILES string of the molecule is CCOc1ccc(-n2nc(C(N)=O)c3c2C(=O)N(c2ccc(N4CCCCC4=O)cc2)CC3)cc1O. The molecular formula is C26H27N5O5. The summed E-state index contributed by atoms with van der Waals surface area (Å²) in [5.41, 5.74) is 8.17. The van der Waals surface area contributed by atoms with Gasteiger partial charge in [-0.2, -0.15) is 5.10 Å². The van der Waals surface area contributed by atoms with Gasteiger partial charge < -0.3 is 25.4 Å². The van der Waals surface area contributed by atoms with Crippen molar-refractivity contribution < 1.29 is 24.2 Å². The van der Waals surface area contributed by atoms with Gasteiger partial charge in [0, 0.05) is 42.5 Å². The van der Waals surface area contributed by atoms with Crippen molar-refractivity contribution in [2.75, 3.05) is 29.5 Å². The number of phenols is 1. The van der Waals surface area contributed by atoms with Gasteiger partial charge in [-0.25, -0.2) is 4.68 Å². The number of carbonyl (C=O) groups is 3. The summed E-state index contributed by atoms with van der Waals surface area (Å²) in [6.45, 7) is 3.22. The Morgan fingerprint density at radius 1 is 1.00 bits per heavy atom. The highest BCUT2D eigenvalue weighted by molar-refractivity contribution is 6.09. The van der Waals surface area contributed by atoms with Crippen molar-refractivity contribution >= 4 is 29.1 Å². The van der Waals surface area contributed by atoms with Crippen LogP contribution >= 0.6 is 0 Å². The van der Waals surface area contributed by atoms with Gasteiger partial charge in [-0.3, -0.25) is 14.4 Å². The highest BCUT2D eigenvalue weighted by Crippen LogP contribution is 2.33. The molecule has 0 bridgehead atoms. The van der Waals surface area contributed by atoms with Crippen LogP contribution in [0.3, 0.4) is 0 Å². The standard InChI is InChI=1S/C26H27N5O5/c1-2-36-21-11-10-18(15-20(21)32)31-24-19(23(28-31)25(27)34)12-14-30(26(24)35)17-8-6-16(7-9-17)29-13-4-3-5-22(29)33/h6-11,15,32H,2-5,12-14H2,1H3,(H2,27,34). The maximum absolute atomic E-state index is 13.7. The number of ether oxygens (including phenoxy) is 1. The first kappa shape index (κ1) is 23.4. The average Bonchev–Trinajstić information content (AvgIpc) is 3.27. The lowest BCUT2D eigenvalue weighted by molar-refractivity contribution is -0.119. The highest BCUT2D eigenvalue weighted by atomic mass is 16.5. The number of hydrogen-bond acceptors (Lipinski definition) is 6. The summed E-state index contributed by atoms with van der Waals surface area (Å²) in [6, 6.07) is 12.0. The first-order chi connectivity index (χ1) is 17.4. The van der Waals surface area contributed by atoms with Gasteiger partial charge >= 0.3 is 0 Å². The van der Waals surface area contributed by atoms with E-state index < -0.39 is 5.91 Å². The number of nitrogens with two attached hydrogens (primary N) is 1. The maximum atomic E-state index is 13.7. The number of fused-ring (bicyclic) bond motifs is 1. The Morgan fingerprint density at radius 3 is 2.33 bits per heavy atom. The number of aromatic nitrogens is 2. The summed E-state index contributed by atoms with van der Waals surface area (Å²) in [5.74, 6) is -0.766. The van der Waals surface area contributed by atoms with Gasteiger partial charge in [-0.1, -0.05) is 0 Å². The van der Waals surface area contributed by atoms with Crippen LogP contribution in [0.25, 0.3) is 5.69 Å². The molecule has 36 heavy (non-hydrogen) atoms. The molecule has 0 saturated carbocycles. The molecule has 3 heterocycles. The fraction of sp³-hybridized carbons (Fsp3) is 0.308. The van der Waals surface area contributed by atoms with Crippen molar-refractivity contribution in [3.05, 3.63) is 59.4 Å². The second kappa shape index (κ2) is 9.37. The Hall–Kier alpha value is -4.34. The first-order valence-electron chi connectivity index (χ1n) is 12.0. The van der Waals surface area contributed by atoms with Gasteiger partial charge in [0.25, 0.3) is 11.8 Å². The number of primary amides is 1. The Bertz CT molecular complexity index is 1350. The molecule has 1 aromatic heterocycles. The number of benzene rings is 2. The summed E-state index contributed by atoms with van der Waals surface area (Å²) in [4.78, 5) is 41.5. The van der Waals surface area contributed by atoms with Gasteiger partial charge in [0.1, 0.15) is 5.69 Å². The molecule has 0 aliphatic carbocycles. The van der Waals surface area contributed by atoms with E-state index in [2.05, 4.69) is 5.10 Å². The van der Waals surface area contributed by atoms with Crippen molar-refractivity contribution in [2.45, 2.75) is 32.6 Å². The molecule has 186 valence electrons. The summed E-state index contributed by atoms with van der Waals surface area (Å²) in [5, 5.41) is 14.7. The Labute approximate surface area is 207 Å². The van der Waals surface area contributed by atoms with Gasteiger partial charge in [-0.15, -0.1) is 0 Å². The zero-order chi connectivity index (χ0) is 25.4. The number of nitrogens with zero attached hydrogens (tertiary/aromatic N) is 4. The number of hydrogen-bond donors (Lipinski definition) is 2. The van der Waals surface area contributed by atoms with Crippen molar-refractivity contribution in [1.82, 2.24) is 9.78 Å². The van der Waals surface area contributed by atoms with Crippen LogP contribution in [-0.2, 0) is 11.2 Å². The van der Waals surface area contributed by atoms with Crippen LogP contribution in [0, 0.1) is 0 Å². The van der Waals surface area contributed by atoms with E-state index in [0.29, 0.717) is 55.2 Å². The highest BCUT2D eigenvalue weighted by Gasteiger charge is 2.35. The molecule has 1 fully saturated rings. The van der Waals surface area contributed by atoms with E-state index >= 15 is 0 Å². The molecule has 0 spiro atoms. The molecule has 3 amide bonds. The number of piperidine rings is 1. The van der Waals surface area contributed by atoms with E-state index in [1.807, 2.05) is 24.3 Å². The molecule has 10 heteroatoms. The smallest absolute Gasteiger partial charge is 0.277 e. The van der Waals surface area contributed by atoms with Crippen LogP contribution in [-0.4, -0.2) is 52.3 Å². The van der Waals surface area contributed by atoms with E-state index in [-0.39, 0.29) is 29.0 Å². The van der Waals surface area contributed by atoms with Crippen LogP contribution < -0.4 is 20.3 Å². The minimum atomic E-state index is -0.725. The third-order valence-electron chi connectivity index (χ3n) is 6.53. The van der Waals surface area contributed by atoms with Crippen molar-refractivity contribution in [3.63, 3.8) is 0 Å². The average molecular weight is 490 g/mol. The topological polar surface area (TPSA) is 131 Å². The molecule has 10 nitrogen and oxygen atoms in total. The Balaban J connectivity index is 1.50. The van der Waals surface area contributed by atoms with E-state index in [9.17, 15) is 19.5 Å². The van der Waals surface area contributed by atoms with Gasteiger partial charge in [0.2, 0.25) is 5.91 Å². The molecule has 1 saturated heterocycles. The molecule has 2 aliphatic heterocycles. The molecule has 0 atom stereocenters. The van der Waals surface area contributed by atoms with Crippen LogP contribution in [0.2, 0.25) is 0 Å². The number of amides is 3. The predicted molar refractivity (Wildman–Crippen MR) is 133 cm³/mol. The van der Waals surface area contributed by atoms with E-state index in [4.69, 9.17) is 10.5 Å². The monoisotopic (exact) mass is 489 g/mol. The molecule has 5 rings (SSSR count). The molecule has 2 aliphatic rings. The third kappa shape index (κ3) is 4.04. The quantitative estimate of drug-likeness (QED) is 0.547. The number of rotatable bonds is 6. The van der Waals surface area contributed by atoms with Crippen LogP contribution in [0.15, 0.2) is 42.5 Å². The molecular weight excluding hydrogens is 462 g/mol. The fourth-order valence-corrected chi connectivity index (χ4v) is 4.80. The Kier molecular flexibility index (Phi) is 6.09. The third-order valence-corrected chi connectivity index (χ3v) is 6.53. The van der Waals surface area contributed by atoms with Crippen molar-refractivity contribution in [3.8, 4) is 17.2 Å². The van der Waals surface area contributed by atoms with E-state index in [1.54, 1.807) is 28.9 Å². The minimum Gasteiger partial charge on any atom is -0.504 e. The number of anilines is 2. The maximum Gasteiger partial charge on any atom is 0.277 e. The van der Waals surface area contributed by atoms with Crippen molar-refractivity contribution in [2.24, 2.45) is 5.73 Å². The summed E-state index contributed by atoms with van der Waals surface area (Å²) in [7, 11) is 0. The molecule has 3 aromatic rings. The second-order valence-electron chi connectivity index (χ2n) is 8.76. The first-order valence-corrected chi connectivity index (χ1v) is 12.0. The summed E-state index contributed by atoms with van der Waals surface area (Å²) in [6.07, 6.45) is 2.80. The Morgan fingerprint density at radius 2 is 1.69 bits per heavy atom. The second-order valence-corrected chi connectivity index (χ2v) is 8.76. The van der Waals surface area contributed by atoms with Crippen LogP contribution in [0.4, 0.5) is 11.4 Å². The zero-order valence-electron chi connectivity index (χ0n) is 19.9. The lowest BCUT2D eigenvalue weighted by atomic mass is 10.0. The molecule has 0 unspecified atom stereocenters.